The van der Waals surface area contributed by atoms with Gasteiger partial charge in [0.1, 0.15) is 0 Å². The van der Waals surface area contributed by atoms with Crippen LogP contribution in [0.3, 0.4) is 0 Å². The molecule has 0 aliphatic carbocycles. The number of benzene rings is 1. The van der Waals surface area contributed by atoms with Crippen LogP contribution in [0.1, 0.15) is 25.8 Å². The summed E-state index contributed by atoms with van der Waals surface area (Å²) in [7, 11) is 0. The van der Waals surface area contributed by atoms with Gasteiger partial charge >= 0.3 is 0 Å². The monoisotopic (exact) mass is 389 g/mol. The summed E-state index contributed by atoms with van der Waals surface area (Å²) in [6, 6.07) is 5.28. The first kappa shape index (κ1) is 18.5. The molecule has 1 heterocycles. The van der Waals surface area contributed by atoms with Crippen molar-refractivity contribution < 1.29 is 4.79 Å². The quantitative estimate of drug-likeness (QED) is 0.524. The summed E-state index contributed by atoms with van der Waals surface area (Å²) in [4.78, 5) is 12.0. The molecule has 0 atom stereocenters. The van der Waals surface area contributed by atoms with Crippen molar-refractivity contribution in [1.29, 1.82) is 0 Å². The average Bonchev–Trinajstić information content (AvgIpc) is 2.91. The van der Waals surface area contributed by atoms with Crippen LogP contribution in [0.2, 0.25) is 10.0 Å². The Balaban J connectivity index is 1.82. The first-order chi connectivity index (χ1) is 10.9. The lowest BCUT2D eigenvalue weighted by molar-refractivity contribution is -0.116. The molecule has 2 aromatic rings. The van der Waals surface area contributed by atoms with E-state index < -0.39 is 0 Å². The number of nitrogens with one attached hydrogen (secondary N) is 1. The number of nitrogens with zero attached hydrogens (tertiary/aromatic N) is 2. The van der Waals surface area contributed by atoms with Gasteiger partial charge in [0.2, 0.25) is 11.0 Å². The molecule has 0 unspecified atom stereocenters. The van der Waals surface area contributed by atoms with Gasteiger partial charge in [0.25, 0.3) is 0 Å². The summed E-state index contributed by atoms with van der Waals surface area (Å²) in [6.07, 6.45) is 0.880. The van der Waals surface area contributed by atoms with Gasteiger partial charge < -0.3 is 5.32 Å². The molecule has 0 aliphatic heterocycles. The number of hydrogen-bond acceptors (Lipinski definition) is 5. The number of amides is 1. The Morgan fingerprint density at radius 3 is 2.83 bits per heavy atom. The number of halogens is 2. The number of thioether (sulfide) groups is 1. The van der Waals surface area contributed by atoms with E-state index in [1.807, 2.05) is 6.07 Å². The molecule has 0 bridgehead atoms. The number of aromatic nitrogens is 2. The van der Waals surface area contributed by atoms with E-state index in [0.29, 0.717) is 33.9 Å². The molecule has 0 spiro atoms. The van der Waals surface area contributed by atoms with Crippen molar-refractivity contribution in [3.8, 4) is 0 Å². The van der Waals surface area contributed by atoms with Crippen LogP contribution in [0.5, 0.6) is 0 Å². The Bertz CT molecular complexity index is 676. The lowest BCUT2D eigenvalue weighted by Gasteiger charge is -2.04. The maximum Gasteiger partial charge on any atom is 0.226 e. The Kier molecular flexibility index (Phi) is 7.14. The highest BCUT2D eigenvalue weighted by Crippen LogP contribution is 2.27. The van der Waals surface area contributed by atoms with Crippen molar-refractivity contribution >= 4 is 57.3 Å². The number of carbonyl (C=O) groups is 1. The highest BCUT2D eigenvalue weighted by molar-refractivity contribution is 8.01. The van der Waals surface area contributed by atoms with Gasteiger partial charge in [-0.1, -0.05) is 66.2 Å². The number of anilines is 1. The topological polar surface area (TPSA) is 54.9 Å². The zero-order chi connectivity index (χ0) is 16.8. The maximum absolute atomic E-state index is 12.0. The Morgan fingerprint density at radius 1 is 1.35 bits per heavy atom. The van der Waals surface area contributed by atoms with Gasteiger partial charge in [-0.25, -0.2) is 0 Å². The van der Waals surface area contributed by atoms with Gasteiger partial charge in [0.15, 0.2) is 4.34 Å². The van der Waals surface area contributed by atoms with E-state index >= 15 is 0 Å². The summed E-state index contributed by atoms with van der Waals surface area (Å²) in [5.74, 6) is 1.47. The van der Waals surface area contributed by atoms with Crippen LogP contribution in [-0.4, -0.2) is 21.9 Å². The fourth-order valence-electron chi connectivity index (χ4n) is 1.71. The molecule has 2 rings (SSSR count). The first-order valence-electron chi connectivity index (χ1n) is 7.14. The van der Waals surface area contributed by atoms with Crippen molar-refractivity contribution in [3.05, 3.63) is 33.8 Å². The van der Waals surface area contributed by atoms with Crippen LogP contribution >= 0.6 is 46.3 Å². The predicted molar refractivity (Wildman–Crippen MR) is 98.9 cm³/mol. The molecule has 0 saturated carbocycles. The van der Waals surface area contributed by atoms with Crippen LogP contribution in [-0.2, 0) is 11.2 Å². The third-order valence-electron chi connectivity index (χ3n) is 2.83. The molecule has 1 amide bonds. The first-order valence-corrected chi connectivity index (χ1v) is 9.70. The van der Waals surface area contributed by atoms with Crippen LogP contribution in [0.15, 0.2) is 22.5 Å². The second kappa shape index (κ2) is 8.87. The third-order valence-corrected chi connectivity index (χ3v) is 5.82. The van der Waals surface area contributed by atoms with Gasteiger partial charge in [-0.15, -0.1) is 10.2 Å². The zero-order valence-corrected chi connectivity index (χ0v) is 16.0. The molecule has 23 heavy (non-hydrogen) atoms. The van der Waals surface area contributed by atoms with E-state index in [1.54, 1.807) is 23.9 Å². The third kappa shape index (κ3) is 6.30. The van der Waals surface area contributed by atoms with E-state index in [1.165, 1.54) is 11.3 Å². The van der Waals surface area contributed by atoms with Gasteiger partial charge in [-0.3, -0.25) is 4.79 Å². The van der Waals surface area contributed by atoms with Gasteiger partial charge in [0, 0.05) is 22.2 Å². The molecule has 0 fully saturated rings. The maximum atomic E-state index is 12.0. The number of hydrogen-bond donors (Lipinski definition) is 1. The predicted octanol–water partition coefficient (Wildman–Crippen LogP) is 5.16. The molecule has 0 saturated heterocycles. The van der Waals surface area contributed by atoms with Gasteiger partial charge in [0.05, 0.1) is 0 Å². The van der Waals surface area contributed by atoms with E-state index in [2.05, 4.69) is 29.4 Å². The second-order valence-corrected chi connectivity index (χ2v) is 8.45. The van der Waals surface area contributed by atoms with Gasteiger partial charge in [-0.05, 0) is 30.0 Å². The fraction of sp³-hybridized carbons (Fsp3) is 0.400. The Hall–Kier alpha value is -0.820. The molecule has 1 N–H and O–H groups in total. The summed E-state index contributed by atoms with van der Waals surface area (Å²) in [6.45, 7) is 4.30. The fourth-order valence-corrected chi connectivity index (χ4v) is 3.96. The van der Waals surface area contributed by atoms with E-state index in [9.17, 15) is 4.79 Å². The van der Waals surface area contributed by atoms with Crippen molar-refractivity contribution in [2.24, 2.45) is 5.92 Å². The minimum atomic E-state index is -0.104. The minimum Gasteiger partial charge on any atom is -0.300 e. The molecule has 1 aromatic carbocycles. The zero-order valence-electron chi connectivity index (χ0n) is 12.8. The lowest BCUT2D eigenvalue weighted by atomic mass is 10.1. The standard InChI is InChI=1S/C15H17Cl2N3OS2/c1-9(2)8-22-15-20-19-14(23-15)18-13(21)6-4-10-3-5-11(16)7-12(10)17/h3,5,7,9H,4,6,8H2,1-2H3,(H,18,19,21). The van der Waals surface area contributed by atoms with Crippen LogP contribution < -0.4 is 5.32 Å². The number of carbonyl (C=O) groups excluding carboxylic acids is 1. The van der Waals surface area contributed by atoms with Crippen LogP contribution in [0, 0.1) is 5.92 Å². The minimum absolute atomic E-state index is 0.104. The summed E-state index contributed by atoms with van der Waals surface area (Å²) in [5.41, 5.74) is 0.900. The van der Waals surface area contributed by atoms with Crippen molar-refractivity contribution in [2.75, 3.05) is 11.1 Å². The molecule has 0 radical (unpaired) electrons. The molecular formula is C15H17Cl2N3OS2. The molecule has 1 aromatic heterocycles. The Morgan fingerprint density at radius 2 is 2.13 bits per heavy atom. The average molecular weight is 390 g/mol. The lowest BCUT2D eigenvalue weighted by Crippen LogP contribution is -2.12. The largest absolute Gasteiger partial charge is 0.300 e. The normalized spacial score (nSPS) is 11.0. The van der Waals surface area contributed by atoms with Crippen molar-refractivity contribution in [3.63, 3.8) is 0 Å². The molecule has 4 nitrogen and oxygen atoms in total. The highest BCUT2D eigenvalue weighted by Gasteiger charge is 2.10. The van der Waals surface area contributed by atoms with E-state index in [0.717, 1.165) is 15.7 Å². The van der Waals surface area contributed by atoms with E-state index in [-0.39, 0.29) is 5.91 Å². The molecule has 8 heteroatoms. The molecule has 0 aliphatic rings. The van der Waals surface area contributed by atoms with Crippen molar-refractivity contribution in [2.45, 2.75) is 31.0 Å². The smallest absolute Gasteiger partial charge is 0.226 e. The van der Waals surface area contributed by atoms with Crippen LogP contribution in [0.25, 0.3) is 0 Å². The second-order valence-electron chi connectivity index (χ2n) is 5.36. The van der Waals surface area contributed by atoms with E-state index in [4.69, 9.17) is 23.2 Å². The Labute approximate surface area is 154 Å². The summed E-state index contributed by atoms with van der Waals surface area (Å²) < 4.78 is 0.870. The molecule has 124 valence electrons. The highest BCUT2D eigenvalue weighted by atomic mass is 35.5. The number of rotatable bonds is 7. The summed E-state index contributed by atoms with van der Waals surface area (Å²) in [5, 5.41) is 12.5. The van der Waals surface area contributed by atoms with Crippen molar-refractivity contribution in [1.82, 2.24) is 10.2 Å². The summed E-state index contributed by atoms with van der Waals surface area (Å²) >= 11 is 15.0. The SMILES string of the molecule is CC(C)CSc1nnc(NC(=O)CCc2ccc(Cl)cc2Cl)s1. The molecular weight excluding hydrogens is 373 g/mol. The van der Waals surface area contributed by atoms with Crippen LogP contribution in [0.4, 0.5) is 5.13 Å². The number of aryl methyl sites for hydroxylation is 1. The van der Waals surface area contributed by atoms with Gasteiger partial charge in [-0.2, -0.15) is 0 Å².